The summed E-state index contributed by atoms with van der Waals surface area (Å²) < 4.78 is 44.6. The molecule has 1 aromatic carbocycles. The standard InChI is InChI=1S/C16H17F3N4O/c17-16(18,19)12-5-1-2-6-13(12)23-15-8-14(21-10-22-15)20-9-11-4-3-7-24-11/h1-2,5-6,8,10-11H,3-4,7,9H2,(H2,20,21,22,23). The van der Waals surface area contributed by atoms with Crippen molar-refractivity contribution in [2.24, 2.45) is 0 Å². The molecule has 8 heteroatoms. The summed E-state index contributed by atoms with van der Waals surface area (Å²) in [5.41, 5.74) is -0.786. The summed E-state index contributed by atoms with van der Waals surface area (Å²) in [5, 5.41) is 5.82. The number of hydrogen-bond acceptors (Lipinski definition) is 5. The van der Waals surface area contributed by atoms with Crippen LogP contribution in [0, 0.1) is 0 Å². The van der Waals surface area contributed by atoms with Gasteiger partial charge in [-0.3, -0.25) is 0 Å². The van der Waals surface area contributed by atoms with E-state index in [2.05, 4.69) is 20.6 Å². The maximum atomic E-state index is 13.0. The number of nitrogens with zero attached hydrogens (tertiary/aromatic N) is 2. The summed E-state index contributed by atoms with van der Waals surface area (Å²) in [4.78, 5) is 8.05. The van der Waals surface area contributed by atoms with E-state index in [1.165, 1.54) is 24.5 Å². The van der Waals surface area contributed by atoms with Gasteiger partial charge in [0.15, 0.2) is 0 Å². The van der Waals surface area contributed by atoms with Crippen LogP contribution < -0.4 is 10.6 Å². The van der Waals surface area contributed by atoms with Crippen LogP contribution in [0.25, 0.3) is 0 Å². The van der Waals surface area contributed by atoms with Crippen molar-refractivity contribution in [2.45, 2.75) is 25.1 Å². The van der Waals surface area contributed by atoms with Crippen LogP contribution in [0.1, 0.15) is 18.4 Å². The highest BCUT2D eigenvalue weighted by atomic mass is 19.4. The van der Waals surface area contributed by atoms with Gasteiger partial charge in [0.2, 0.25) is 0 Å². The number of anilines is 3. The normalized spacial score (nSPS) is 17.7. The quantitative estimate of drug-likeness (QED) is 0.868. The van der Waals surface area contributed by atoms with E-state index in [1.54, 1.807) is 6.07 Å². The second-order valence-electron chi connectivity index (χ2n) is 5.47. The van der Waals surface area contributed by atoms with E-state index in [-0.39, 0.29) is 17.6 Å². The number of benzene rings is 1. The molecule has 0 spiro atoms. The number of rotatable bonds is 5. The van der Waals surface area contributed by atoms with Gasteiger partial charge in [-0.1, -0.05) is 12.1 Å². The van der Waals surface area contributed by atoms with Gasteiger partial charge in [0.05, 0.1) is 17.4 Å². The van der Waals surface area contributed by atoms with E-state index in [4.69, 9.17) is 4.74 Å². The largest absolute Gasteiger partial charge is 0.418 e. The molecule has 2 heterocycles. The minimum Gasteiger partial charge on any atom is -0.376 e. The topological polar surface area (TPSA) is 59.1 Å². The zero-order valence-electron chi connectivity index (χ0n) is 12.8. The molecular weight excluding hydrogens is 321 g/mol. The molecule has 1 atom stereocenters. The van der Waals surface area contributed by atoms with Gasteiger partial charge in [0.1, 0.15) is 18.0 Å². The summed E-state index contributed by atoms with van der Waals surface area (Å²) in [6.45, 7) is 1.37. The van der Waals surface area contributed by atoms with Gasteiger partial charge < -0.3 is 15.4 Å². The van der Waals surface area contributed by atoms with Crippen LogP contribution in [0.15, 0.2) is 36.7 Å². The molecular formula is C16H17F3N4O. The number of nitrogens with one attached hydrogen (secondary N) is 2. The number of alkyl halides is 3. The molecule has 2 N–H and O–H groups in total. The Morgan fingerprint density at radius 2 is 1.96 bits per heavy atom. The highest BCUT2D eigenvalue weighted by Crippen LogP contribution is 2.35. The van der Waals surface area contributed by atoms with Crippen molar-refractivity contribution in [2.75, 3.05) is 23.8 Å². The van der Waals surface area contributed by atoms with Crippen molar-refractivity contribution in [1.29, 1.82) is 0 Å². The zero-order chi connectivity index (χ0) is 17.0. The van der Waals surface area contributed by atoms with Crippen molar-refractivity contribution in [1.82, 2.24) is 9.97 Å². The summed E-state index contributed by atoms with van der Waals surface area (Å²) in [5.74, 6) is 0.823. The van der Waals surface area contributed by atoms with Gasteiger partial charge in [-0.2, -0.15) is 13.2 Å². The van der Waals surface area contributed by atoms with Gasteiger partial charge in [-0.15, -0.1) is 0 Å². The number of aromatic nitrogens is 2. The Bertz CT molecular complexity index is 687. The summed E-state index contributed by atoms with van der Waals surface area (Å²) in [6, 6.07) is 6.85. The SMILES string of the molecule is FC(F)(F)c1ccccc1Nc1cc(NCC2CCCO2)ncn1. The fraction of sp³-hybridized carbons (Fsp3) is 0.375. The Labute approximate surface area is 137 Å². The molecule has 1 aliphatic heterocycles. The van der Waals surface area contributed by atoms with Crippen LogP contribution in [-0.2, 0) is 10.9 Å². The molecule has 2 aromatic rings. The Hall–Kier alpha value is -2.35. The fourth-order valence-corrected chi connectivity index (χ4v) is 2.52. The molecule has 3 rings (SSSR count). The number of ether oxygens (including phenoxy) is 1. The predicted molar refractivity (Wildman–Crippen MR) is 84.2 cm³/mol. The van der Waals surface area contributed by atoms with E-state index in [0.29, 0.717) is 12.4 Å². The van der Waals surface area contributed by atoms with E-state index < -0.39 is 11.7 Å². The molecule has 1 fully saturated rings. The van der Waals surface area contributed by atoms with Gasteiger partial charge in [-0.05, 0) is 25.0 Å². The molecule has 0 saturated carbocycles. The lowest BCUT2D eigenvalue weighted by Crippen LogP contribution is -2.19. The third-order valence-electron chi connectivity index (χ3n) is 3.70. The third kappa shape index (κ3) is 4.14. The molecule has 0 amide bonds. The van der Waals surface area contributed by atoms with Crippen molar-refractivity contribution >= 4 is 17.3 Å². The molecule has 1 aromatic heterocycles. The van der Waals surface area contributed by atoms with Crippen molar-refractivity contribution in [3.63, 3.8) is 0 Å². The average Bonchev–Trinajstić information content (AvgIpc) is 3.06. The minimum atomic E-state index is -4.43. The van der Waals surface area contributed by atoms with Crippen LogP contribution in [0.5, 0.6) is 0 Å². The first kappa shape index (κ1) is 16.5. The maximum Gasteiger partial charge on any atom is 0.418 e. The first-order valence-electron chi connectivity index (χ1n) is 7.63. The Balaban J connectivity index is 1.71. The smallest absolute Gasteiger partial charge is 0.376 e. The highest BCUT2D eigenvalue weighted by Gasteiger charge is 2.33. The lowest BCUT2D eigenvalue weighted by Gasteiger charge is -2.15. The molecule has 24 heavy (non-hydrogen) atoms. The molecule has 0 bridgehead atoms. The molecule has 1 unspecified atom stereocenters. The van der Waals surface area contributed by atoms with Gasteiger partial charge in [-0.25, -0.2) is 9.97 Å². The maximum absolute atomic E-state index is 13.0. The van der Waals surface area contributed by atoms with Crippen LogP contribution in [-0.4, -0.2) is 29.2 Å². The molecule has 0 aliphatic carbocycles. The second-order valence-corrected chi connectivity index (χ2v) is 5.47. The van der Waals surface area contributed by atoms with Crippen molar-refractivity contribution in [3.05, 3.63) is 42.2 Å². The molecule has 5 nitrogen and oxygen atoms in total. The van der Waals surface area contributed by atoms with Crippen LogP contribution >= 0.6 is 0 Å². The van der Waals surface area contributed by atoms with Gasteiger partial charge in [0, 0.05) is 19.2 Å². The Morgan fingerprint density at radius 3 is 2.71 bits per heavy atom. The van der Waals surface area contributed by atoms with Gasteiger partial charge in [0.25, 0.3) is 0 Å². The average molecular weight is 338 g/mol. The molecule has 1 aliphatic rings. The van der Waals surface area contributed by atoms with Crippen LogP contribution in [0.3, 0.4) is 0 Å². The van der Waals surface area contributed by atoms with E-state index in [1.807, 2.05) is 0 Å². The molecule has 128 valence electrons. The lowest BCUT2D eigenvalue weighted by molar-refractivity contribution is -0.136. The summed E-state index contributed by atoms with van der Waals surface area (Å²) in [6.07, 6.45) is -0.963. The molecule has 0 radical (unpaired) electrons. The number of hydrogen-bond donors (Lipinski definition) is 2. The third-order valence-corrected chi connectivity index (χ3v) is 3.70. The monoisotopic (exact) mass is 338 g/mol. The van der Waals surface area contributed by atoms with Gasteiger partial charge >= 0.3 is 6.18 Å². The fourth-order valence-electron chi connectivity index (χ4n) is 2.52. The van der Waals surface area contributed by atoms with E-state index >= 15 is 0 Å². The van der Waals surface area contributed by atoms with E-state index in [9.17, 15) is 13.2 Å². The molecule has 1 saturated heterocycles. The van der Waals surface area contributed by atoms with Crippen molar-refractivity contribution in [3.8, 4) is 0 Å². The van der Waals surface area contributed by atoms with Crippen molar-refractivity contribution < 1.29 is 17.9 Å². The summed E-state index contributed by atoms with van der Waals surface area (Å²) in [7, 11) is 0. The zero-order valence-corrected chi connectivity index (χ0v) is 12.8. The van der Waals surface area contributed by atoms with E-state index in [0.717, 1.165) is 25.5 Å². The first-order chi connectivity index (χ1) is 11.5. The minimum absolute atomic E-state index is 0.0474. The number of para-hydroxylation sites is 1. The number of halogens is 3. The predicted octanol–water partition coefficient (Wildman–Crippen LogP) is 3.83. The van der Waals surface area contributed by atoms with Crippen LogP contribution in [0.4, 0.5) is 30.5 Å². The van der Waals surface area contributed by atoms with Crippen LogP contribution in [0.2, 0.25) is 0 Å². The summed E-state index contributed by atoms with van der Waals surface area (Å²) >= 11 is 0. The first-order valence-corrected chi connectivity index (χ1v) is 7.63. The highest BCUT2D eigenvalue weighted by molar-refractivity contribution is 5.63. The Morgan fingerprint density at radius 1 is 1.17 bits per heavy atom. The Kier molecular flexibility index (Phi) is 4.84. The second kappa shape index (κ2) is 7.04. The lowest BCUT2D eigenvalue weighted by atomic mass is 10.1.